The molecule has 0 spiro atoms. The number of hydrogen-bond donors (Lipinski definition) is 1. The van der Waals surface area contributed by atoms with Gasteiger partial charge in [0.1, 0.15) is 6.04 Å². The average Bonchev–Trinajstić information content (AvgIpc) is 3.24. The molecule has 1 aromatic rings. The van der Waals surface area contributed by atoms with E-state index in [1.807, 2.05) is 6.92 Å². The molecular formula is C15H20N2O7S. The molecule has 1 N–H and O–H groups in total. The molecule has 9 nitrogen and oxygen atoms in total. The Kier molecular flexibility index (Phi) is 4.85. The first kappa shape index (κ1) is 17.9. The Hall–Kier alpha value is -1.91. The van der Waals surface area contributed by atoms with Crippen LogP contribution in [0.5, 0.6) is 0 Å². The molecule has 138 valence electrons. The number of hydrogen-bond acceptors (Lipinski definition) is 6. The van der Waals surface area contributed by atoms with Gasteiger partial charge in [-0.2, -0.15) is 4.31 Å². The van der Waals surface area contributed by atoms with E-state index in [4.69, 9.17) is 14.3 Å². The van der Waals surface area contributed by atoms with Crippen molar-refractivity contribution in [2.45, 2.75) is 37.0 Å². The van der Waals surface area contributed by atoms with Crippen LogP contribution >= 0.6 is 0 Å². The third kappa shape index (κ3) is 3.42. The maximum atomic E-state index is 12.8. The lowest BCUT2D eigenvalue weighted by Gasteiger charge is -2.34. The first-order valence-electron chi connectivity index (χ1n) is 8.06. The summed E-state index contributed by atoms with van der Waals surface area (Å²) >= 11 is 0. The molecule has 2 unspecified atom stereocenters. The lowest BCUT2D eigenvalue weighted by atomic mass is 10.2. The molecule has 0 bridgehead atoms. The monoisotopic (exact) mass is 372 g/mol. The fourth-order valence-corrected chi connectivity index (χ4v) is 4.76. The van der Waals surface area contributed by atoms with Gasteiger partial charge in [0, 0.05) is 19.6 Å². The number of amides is 1. The van der Waals surface area contributed by atoms with Crippen LogP contribution in [0.3, 0.4) is 0 Å². The lowest BCUT2D eigenvalue weighted by Crippen LogP contribution is -2.52. The normalized spacial score (nSPS) is 25.2. The maximum absolute atomic E-state index is 12.8. The maximum Gasteiger partial charge on any atom is 0.371 e. The van der Waals surface area contributed by atoms with Crippen molar-refractivity contribution in [1.82, 2.24) is 9.21 Å². The van der Waals surface area contributed by atoms with Crippen LogP contribution in [-0.4, -0.2) is 73.0 Å². The minimum absolute atomic E-state index is 0.0904. The number of carbonyl (C=O) groups excluding carboxylic acids is 1. The number of ether oxygens (including phenoxy) is 1. The second kappa shape index (κ2) is 6.77. The van der Waals surface area contributed by atoms with Crippen molar-refractivity contribution in [2.24, 2.45) is 0 Å². The van der Waals surface area contributed by atoms with Crippen molar-refractivity contribution in [1.29, 1.82) is 0 Å². The predicted molar refractivity (Wildman–Crippen MR) is 84.6 cm³/mol. The summed E-state index contributed by atoms with van der Waals surface area (Å²) in [7, 11) is -4.07. The van der Waals surface area contributed by atoms with Gasteiger partial charge in [0.25, 0.3) is 10.0 Å². The number of morpholine rings is 1. The van der Waals surface area contributed by atoms with E-state index in [1.165, 1.54) is 0 Å². The third-order valence-electron chi connectivity index (χ3n) is 4.40. The molecule has 2 aliphatic heterocycles. The lowest BCUT2D eigenvalue weighted by molar-refractivity contribution is -0.141. The van der Waals surface area contributed by atoms with Crippen LogP contribution in [0, 0.1) is 0 Å². The van der Waals surface area contributed by atoms with E-state index in [2.05, 4.69) is 0 Å². The fourth-order valence-electron chi connectivity index (χ4n) is 3.19. The molecule has 0 aliphatic carbocycles. The zero-order chi connectivity index (χ0) is 18.2. The first-order valence-corrected chi connectivity index (χ1v) is 9.50. The number of rotatable bonds is 4. The van der Waals surface area contributed by atoms with E-state index in [1.54, 1.807) is 4.90 Å². The molecule has 0 radical (unpaired) electrons. The zero-order valence-electron chi connectivity index (χ0n) is 13.8. The SMILES string of the molecule is CC1CN(C(=O)C2CCCN2S(=O)(=O)c2ccc(C(=O)O)o2)CCO1. The number of carbonyl (C=O) groups is 2. The highest BCUT2D eigenvalue weighted by Gasteiger charge is 2.43. The van der Waals surface area contributed by atoms with Crippen molar-refractivity contribution in [3.8, 4) is 0 Å². The van der Waals surface area contributed by atoms with Gasteiger partial charge in [0.15, 0.2) is 0 Å². The summed E-state index contributed by atoms with van der Waals surface area (Å²) in [6.07, 6.45) is 0.894. The van der Waals surface area contributed by atoms with Gasteiger partial charge in [-0.25, -0.2) is 13.2 Å². The van der Waals surface area contributed by atoms with Gasteiger partial charge in [0.2, 0.25) is 16.8 Å². The number of furan rings is 1. The van der Waals surface area contributed by atoms with Crippen LogP contribution < -0.4 is 0 Å². The van der Waals surface area contributed by atoms with E-state index in [9.17, 15) is 18.0 Å². The highest BCUT2D eigenvalue weighted by molar-refractivity contribution is 7.89. The van der Waals surface area contributed by atoms with E-state index >= 15 is 0 Å². The van der Waals surface area contributed by atoms with Crippen LogP contribution in [0.2, 0.25) is 0 Å². The number of nitrogens with zero attached hydrogens (tertiary/aromatic N) is 2. The average molecular weight is 372 g/mol. The summed E-state index contributed by atoms with van der Waals surface area (Å²) in [4.78, 5) is 25.3. The molecule has 25 heavy (non-hydrogen) atoms. The molecule has 2 atom stereocenters. The molecule has 0 aromatic carbocycles. The molecule has 2 saturated heterocycles. The Morgan fingerprint density at radius 3 is 2.68 bits per heavy atom. The van der Waals surface area contributed by atoms with Gasteiger partial charge < -0.3 is 19.2 Å². The predicted octanol–water partition coefficient (Wildman–Crippen LogP) is 0.378. The van der Waals surface area contributed by atoms with E-state index in [0.717, 1.165) is 16.4 Å². The van der Waals surface area contributed by atoms with Crippen LogP contribution in [0.25, 0.3) is 0 Å². The summed E-state index contributed by atoms with van der Waals surface area (Å²) < 4.78 is 37.0. The molecule has 0 saturated carbocycles. The second-order valence-electron chi connectivity index (χ2n) is 6.16. The van der Waals surface area contributed by atoms with Gasteiger partial charge in [0.05, 0.1) is 12.7 Å². The Labute approximate surface area is 145 Å². The van der Waals surface area contributed by atoms with Crippen LogP contribution in [-0.2, 0) is 19.6 Å². The Morgan fingerprint density at radius 1 is 1.28 bits per heavy atom. The quantitative estimate of drug-likeness (QED) is 0.812. The first-order chi connectivity index (χ1) is 11.8. The topological polar surface area (TPSA) is 117 Å². The highest BCUT2D eigenvalue weighted by atomic mass is 32.2. The van der Waals surface area contributed by atoms with E-state index in [0.29, 0.717) is 32.5 Å². The molecule has 2 fully saturated rings. The molecule has 2 aliphatic rings. The van der Waals surface area contributed by atoms with Gasteiger partial charge >= 0.3 is 5.97 Å². The van der Waals surface area contributed by atoms with Crippen molar-refractivity contribution < 1.29 is 32.3 Å². The molecular weight excluding hydrogens is 352 g/mol. The van der Waals surface area contributed by atoms with Crippen LogP contribution in [0.4, 0.5) is 0 Å². The Bertz CT molecular complexity index is 773. The van der Waals surface area contributed by atoms with Gasteiger partial charge in [-0.1, -0.05) is 0 Å². The van der Waals surface area contributed by atoms with Gasteiger partial charge in [-0.15, -0.1) is 0 Å². The van der Waals surface area contributed by atoms with Crippen molar-refractivity contribution in [3.05, 3.63) is 17.9 Å². The van der Waals surface area contributed by atoms with Gasteiger partial charge in [-0.3, -0.25) is 4.79 Å². The molecule has 10 heteroatoms. The summed E-state index contributed by atoms with van der Waals surface area (Å²) in [6, 6.07) is 1.40. The largest absolute Gasteiger partial charge is 0.475 e. The van der Waals surface area contributed by atoms with Crippen molar-refractivity contribution in [3.63, 3.8) is 0 Å². The van der Waals surface area contributed by atoms with Crippen LogP contribution in [0.15, 0.2) is 21.6 Å². The zero-order valence-corrected chi connectivity index (χ0v) is 14.6. The molecule has 3 rings (SSSR count). The van der Waals surface area contributed by atoms with E-state index < -0.39 is 32.9 Å². The molecule has 3 heterocycles. The Balaban J connectivity index is 1.82. The van der Waals surface area contributed by atoms with Crippen molar-refractivity contribution in [2.75, 3.05) is 26.2 Å². The van der Waals surface area contributed by atoms with Crippen molar-refractivity contribution >= 4 is 21.9 Å². The molecule has 1 amide bonds. The molecule has 1 aromatic heterocycles. The van der Waals surface area contributed by atoms with Gasteiger partial charge in [-0.05, 0) is 31.9 Å². The summed E-state index contributed by atoms with van der Waals surface area (Å²) in [6.45, 7) is 3.33. The minimum atomic E-state index is -4.07. The van der Waals surface area contributed by atoms with E-state index in [-0.39, 0.29) is 18.6 Å². The smallest absolute Gasteiger partial charge is 0.371 e. The number of carboxylic acids is 1. The minimum Gasteiger partial charge on any atom is -0.475 e. The summed E-state index contributed by atoms with van der Waals surface area (Å²) in [5.74, 6) is -2.05. The number of sulfonamides is 1. The standard InChI is InChI=1S/C15H20N2O7S/c1-10-9-16(7-8-23-10)14(18)11-3-2-6-17(11)25(21,22)13-5-4-12(24-13)15(19)20/h4-5,10-11H,2-3,6-9H2,1H3,(H,19,20). The Morgan fingerprint density at radius 2 is 2.04 bits per heavy atom. The second-order valence-corrected chi connectivity index (χ2v) is 7.98. The number of carboxylic acid groups (broad SMARTS) is 1. The third-order valence-corrected chi connectivity index (χ3v) is 6.18. The summed E-state index contributed by atoms with van der Waals surface area (Å²) in [5.41, 5.74) is 0. The summed E-state index contributed by atoms with van der Waals surface area (Å²) in [5, 5.41) is 8.43. The number of aromatic carboxylic acids is 1. The fraction of sp³-hybridized carbons (Fsp3) is 0.600. The van der Waals surface area contributed by atoms with Crippen LogP contribution in [0.1, 0.15) is 30.3 Å². The highest BCUT2D eigenvalue weighted by Crippen LogP contribution is 2.28.